The molecule has 3 amide bonds. The summed E-state index contributed by atoms with van der Waals surface area (Å²) in [6.07, 6.45) is -3.41. The Labute approximate surface area is 228 Å². The van der Waals surface area contributed by atoms with E-state index in [1.165, 1.54) is 6.92 Å². The molecule has 2 aliphatic heterocycles. The number of alkyl halides is 6. The van der Waals surface area contributed by atoms with E-state index in [1.807, 2.05) is 11.8 Å². The molecule has 2 fully saturated rings. The molecule has 220 valence electrons. The molecule has 4 N–H and O–H groups in total. The zero-order valence-corrected chi connectivity index (χ0v) is 22.1. The highest BCUT2D eigenvalue weighted by Gasteiger charge is 2.53. The first kappa shape index (κ1) is 31.2. The number of nitrogens with one attached hydrogen (secondary N) is 2. The van der Waals surface area contributed by atoms with E-state index in [9.17, 15) is 35.9 Å². The minimum Gasteiger partial charge on any atom is -0.372 e. The average Bonchev–Trinajstić information content (AvgIpc) is 2.85. The number of ether oxygens (including phenoxy) is 1. The Morgan fingerprint density at radius 1 is 1.18 bits per heavy atom. The van der Waals surface area contributed by atoms with Crippen LogP contribution in [0.1, 0.15) is 49.5 Å². The second-order valence-corrected chi connectivity index (χ2v) is 10.1. The normalized spacial score (nSPS) is 26.1. The maximum absolute atomic E-state index is 13.4. The number of carbonyl (C=O) groups excluding carboxylic acids is 2. The highest BCUT2D eigenvalue weighted by atomic mass is 19.4. The third-order valence-corrected chi connectivity index (χ3v) is 7.31. The summed E-state index contributed by atoms with van der Waals surface area (Å²) in [5, 5.41) is 5.44. The third-order valence-electron chi connectivity index (χ3n) is 7.31. The molecule has 40 heavy (non-hydrogen) atoms. The SMILES string of the molecule is C=C(/C=C\C=C/C)[C@]1(CO[C@H](C)c2cc(C(F)(F)F)cc(C(F)(F)F)c2)CC[C@]2(CNC(N)=O)CN1CC(=O)N2. The minimum absolute atomic E-state index is 0.0612. The molecule has 2 saturated heterocycles. The summed E-state index contributed by atoms with van der Waals surface area (Å²) >= 11 is 0. The summed E-state index contributed by atoms with van der Waals surface area (Å²) in [6, 6.07) is 0.595. The number of primary amides is 1. The molecular weight excluding hydrogens is 542 g/mol. The number of carbonyl (C=O) groups is 2. The van der Waals surface area contributed by atoms with Gasteiger partial charge in [-0.25, -0.2) is 4.79 Å². The van der Waals surface area contributed by atoms with Gasteiger partial charge in [0.25, 0.3) is 0 Å². The van der Waals surface area contributed by atoms with Gasteiger partial charge in [0.2, 0.25) is 5.91 Å². The van der Waals surface area contributed by atoms with Crippen LogP contribution in [0.15, 0.2) is 54.7 Å². The van der Waals surface area contributed by atoms with E-state index >= 15 is 0 Å². The topological polar surface area (TPSA) is 96.7 Å². The fourth-order valence-electron chi connectivity index (χ4n) is 5.09. The van der Waals surface area contributed by atoms with Crippen molar-refractivity contribution in [2.45, 2.75) is 56.2 Å². The summed E-state index contributed by atoms with van der Waals surface area (Å²) in [6.45, 7) is 7.47. The molecule has 0 spiro atoms. The van der Waals surface area contributed by atoms with E-state index in [1.54, 1.807) is 24.3 Å². The van der Waals surface area contributed by atoms with Crippen molar-refractivity contribution < 1.29 is 40.7 Å². The first-order chi connectivity index (χ1) is 18.5. The molecule has 1 aromatic rings. The van der Waals surface area contributed by atoms with Crippen LogP contribution in [-0.2, 0) is 21.9 Å². The molecule has 2 aliphatic rings. The Kier molecular flexibility index (Phi) is 9.09. The molecule has 3 rings (SSSR count). The fraction of sp³-hybridized carbons (Fsp3) is 0.481. The zero-order valence-electron chi connectivity index (χ0n) is 22.1. The van der Waals surface area contributed by atoms with Gasteiger partial charge in [0.15, 0.2) is 0 Å². The molecule has 7 nitrogen and oxygen atoms in total. The number of nitrogens with zero attached hydrogens (tertiary/aromatic N) is 1. The summed E-state index contributed by atoms with van der Waals surface area (Å²) in [7, 11) is 0. The Bertz CT molecular complexity index is 1160. The lowest BCUT2D eigenvalue weighted by atomic mass is 9.73. The zero-order chi connectivity index (χ0) is 29.9. The van der Waals surface area contributed by atoms with E-state index in [2.05, 4.69) is 17.2 Å². The van der Waals surface area contributed by atoms with E-state index in [-0.39, 0.29) is 43.8 Å². The van der Waals surface area contributed by atoms with E-state index in [4.69, 9.17) is 10.5 Å². The van der Waals surface area contributed by atoms with Gasteiger partial charge in [-0.1, -0.05) is 30.9 Å². The molecule has 2 heterocycles. The van der Waals surface area contributed by atoms with Crippen molar-refractivity contribution in [3.63, 3.8) is 0 Å². The standard InChI is InChI=1S/C27H32F6N4O3/c1-4-5-6-7-17(2)25(9-8-24(14-35-23(34)39)15-37(25)13-22(38)36-24)16-40-18(3)19-10-20(26(28,29)30)12-21(11-19)27(31,32)33/h4-7,10-12,18H,2,8-9,13-16H2,1,3H3,(H,36,38)(H3,34,35,39)/b5-4-,7-6-/t18-,24+,25-/m1/s1. The first-order valence-corrected chi connectivity index (χ1v) is 12.5. The van der Waals surface area contributed by atoms with Crippen LogP contribution in [0.5, 0.6) is 0 Å². The molecule has 1 aromatic carbocycles. The molecular formula is C27H32F6N4O3. The molecule has 1 unspecified atom stereocenters. The van der Waals surface area contributed by atoms with Crippen molar-refractivity contribution in [3.8, 4) is 0 Å². The quantitative estimate of drug-likeness (QED) is 0.290. The predicted octanol–water partition coefficient (Wildman–Crippen LogP) is 4.86. The monoisotopic (exact) mass is 574 g/mol. The van der Waals surface area contributed by atoms with Gasteiger partial charge >= 0.3 is 18.4 Å². The Balaban J connectivity index is 1.95. The maximum atomic E-state index is 13.4. The van der Waals surface area contributed by atoms with Crippen LogP contribution in [0.2, 0.25) is 0 Å². The number of hydrogen-bond acceptors (Lipinski definition) is 4. The summed E-state index contributed by atoms with van der Waals surface area (Å²) < 4.78 is 86.4. The van der Waals surface area contributed by atoms with Crippen molar-refractivity contribution in [2.75, 3.05) is 26.2 Å². The van der Waals surface area contributed by atoms with Crippen LogP contribution in [0.3, 0.4) is 0 Å². The number of nitrogens with two attached hydrogens (primary N) is 1. The second kappa shape index (κ2) is 11.7. The molecule has 4 atom stereocenters. The van der Waals surface area contributed by atoms with Crippen LogP contribution < -0.4 is 16.4 Å². The van der Waals surface area contributed by atoms with E-state index in [0.29, 0.717) is 30.5 Å². The van der Waals surface area contributed by atoms with Crippen molar-refractivity contribution >= 4 is 11.9 Å². The largest absolute Gasteiger partial charge is 0.416 e. The van der Waals surface area contributed by atoms with Gasteiger partial charge in [-0.15, -0.1) is 0 Å². The highest BCUT2D eigenvalue weighted by molar-refractivity contribution is 5.81. The first-order valence-electron chi connectivity index (χ1n) is 12.5. The van der Waals surface area contributed by atoms with Crippen molar-refractivity contribution in [1.82, 2.24) is 15.5 Å². The van der Waals surface area contributed by atoms with Crippen LogP contribution in [0, 0.1) is 0 Å². The molecule has 0 aliphatic carbocycles. The number of allylic oxidation sites excluding steroid dienone is 3. The number of urea groups is 1. The highest BCUT2D eigenvalue weighted by Crippen LogP contribution is 2.42. The molecule has 2 bridgehead atoms. The van der Waals surface area contributed by atoms with Gasteiger partial charge in [0.1, 0.15) is 0 Å². The lowest BCUT2D eigenvalue weighted by molar-refractivity contribution is -0.143. The maximum Gasteiger partial charge on any atom is 0.416 e. The lowest BCUT2D eigenvalue weighted by Gasteiger charge is -2.57. The van der Waals surface area contributed by atoms with Gasteiger partial charge in [-0.3, -0.25) is 9.69 Å². The summed E-state index contributed by atoms with van der Waals surface area (Å²) in [4.78, 5) is 25.9. The number of piperazine rings is 1. The van der Waals surface area contributed by atoms with Crippen LogP contribution >= 0.6 is 0 Å². The average molecular weight is 575 g/mol. The minimum atomic E-state index is -4.99. The molecule has 13 heteroatoms. The Morgan fingerprint density at radius 2 is 1.80 bits per heavy atom. The van der Waals surface area contributed by atoms with Crippen molar-refractivity contribution in [1.29, 1.82) is 0 Å². The molecule has 0 saturated carbocycles. The molecule has 0 radical (unpaired) electrons. The number of benzene rings is 1. The van der Waals surface area contributed by atoms with Gasteiger partial charge in [0.05, 0.1) is 41.5 Å². The Morgan fingerprint density at radius 3 is 2.35 bits per heavy atom. The number of piperidine rings is 1. The third kappa shape index (κ3) is 7.05. The summed E-state index contributed by atoms with van der Waals surface area (Å²) in [5.41, 5.74) is 0.784. The van der Waals surface area contributed by atoms with Crippen LogP contribution in [-0.4, -0.2) is 54.2 Å². The number of rotatable bonds is 9. The fourth-order valence-corrected chi connectivity index (χ4v) is 5.09. The summed E-state index contributed by atoms with van der Waals surface area (Å²) in [5.74, 6) is -0.326. The number of amides is 3. The lowest BCUT2D eigenvalue weighted by Crippen LogP contribution is -2.75. The number of hydrogen-bond donors (Lipinski definition) is 3. The number of halogens is 6. The van der Waals surface area contributed by atoms with Gasteiger partial charge in [-0.2, -0.15) is 26.3 Å². The van der Waals surface area contributed by atoms with Crippen molar-refractivity contribution in [2.24, 2.45) is 5.73 Å². The van der Waals surface area contributed by atoms with Gasteiger partial charge in [0, 0.05) is 13.1 Å². The van der Waals surface area contributed by atoms with E-state index < -0.39 is 46.7 Å². The number of fused-ring (bicyclic) bond motifs is 2. The molecule has 0 aromatic heterocycles. The second-order valence-electron chi connectivity index (χ2n) is 10.1. The predicted molar refractivity (Wildman–Crippen MR) is 136 cm³/mol. The van der Waals surface area contributed by atoms with Crippen LogP contribution in [0.4, 0.5) is 31.1 Å². The van der Waals surface area contributed by atoms with Gasteiger partial charge < -0.3 is 21.1 Å². The van der Waals surface area contributed by atoms with Gasteiger partial charge in [-0.05, 0) is 56.0 Å². The van der Waals surface area contributed by atoms with Crippen molar-refractivity contribution in [3.05, 3.63) is 71.3 Å². The smallest absolute Gasteiger partial charge is 0.372 e. The van der Waals surface area contributed by atoms with E-state index in [0.717, 1.165) is 0 Å². The Hall–Kier alpha value is -3.32. The van der Waals surface area contributed by atoms with Crippen LogP contribution in [0.25, 0.3) is 0 Å².